The molecule has 0 atom stereocenters. The van der Waals surface area contributed by atoms with Crippen molar-refractivity contribution in [3.05, 3.63) is 75.1 Å². The number of amides is 2. The molecule has 168 valence electrons. The average molecular weight is 510 g/mol. The molecule has 1 aliphatic carbocycles. The van der Waals surface area contributed by atoms with E-state index in [1.54, 1.807) is 42.5 Å². The molecule has 9 heteroatoms. The highest BCUT2D eigenvalue weighted by atomic mass is 79.9. The largest absolute Gasteiger partial charge is 0.455 e. The minimum Gasteiger partial charge on any atom is -0.455 e. The van der Waals surface area contributed by atoms with Crippen LogP contribution in [0.2, 0.25) is 0 Å². The summed E-state index contributed by atoms with van der Waals surface area (Å²) >= 11 is 3.36. The number of benzene rings is 2. The summed E-state index contributed by atoms with van der Waals surface area (Å²) in [5.74, 6) is 1.49. The number of carbonyl (C=O) groups is 2. The van der Waals surface area contributed by atoms with E-state index >= 15 is 0 Å². The van der Waals surface area contributed by atoms with Gasteiger partial charge in [-0.3, -0.25) is 9.59 Å². The van der Waals surface area contributed by atoms with E-state index in [2.05, 4.69) is 31.8 Å². The normalized spacial score (nSPS) is 15.3. The maximum absolute atomic E-state index is 12.9. The maximum Gasteiger partial charge on any atom is 0.291 e. The third kappa shape index (κ3) is 4.23. The van der Waals surface area contributed by atoms with E-state index in [0.29, 0.717) is 52.6 Å². The van der Waals surface area contributed by atoms with Crippen molar-refractivity contribution in [3.8, 4) is 11.5 Å². The van der Waals surface area contributed by atoms with Gasteiger partial charge >= 0.3 is 0 Å². The Bertz CT molecular complexity index is 1280. The summed E-state index contributed by atoms with van der Waals surface area (Å²) in [6, 6.07) is 12.2. The number of nitrogens with one attached hydrogen (secondary N) is 2. The first kappa shape index (κ1) is 21.3. The van der Waals surface area contributed by atoms with Gasteiger partial charge in [0.05, 0.1) is 5.71 Å². The van der Waals surface area contributed by atoms with Gasteiger partial charge in [-0.25, -0.2) is 5.43 Å². The van der Waals surface area contributed by atoms with Crippen molar-refractivity contribution in [1.29, 1.82) is 0 Å². The number of halogens is 1. The molecule has 0 saturated carbocycles. The molecule has 1 aromatic heterocycles. The zero-order valence-electron chi connectivity index (χ0n) is 17.7. The number of ether oxygens (including phenoxy) is 2. The molecule has 5 rings (SSSR count). The summed E-state index contributed by atoms with van der Waals surface area (Å²) in [7, 11) is 0. The van der Waals surface area contributed by atoms with Gasteiger partial charge in [-0.1, -0.05) is 15.9 Å². The van der Waals surface area contributed by atoms with Gasteiger partial charge in [0.1, 0.15) is 5.76 Å². The average Bonchev–Trinajstić information content (AvgIpc) is 3.42. The van der Waals surface area contributed by atoms with Gasteiger partial charge in [-0.05, 0) is 56.2 Å². The quantitative estimate of drug-likeness (QED) is 0.491. The van der Waals surface area contributed by atoms with Crippen LogP contribution in [0.3, 0.4) is 0 Å². The Kier molecular flexibility index (Phi) is 5.63. The highest BCUT2D eigenvalue weighted by Gasteiger charge is 2.28. The molecule has 0 unspecified atom stereocenters. The molecular formula is C24H20BrN3O5. The Balaban J connectivity index is 1.36. The van der Waals surface area contributed by atoms with Gasteiger partial charge in [0.2, 0.25) is 6.79 Å². The second-order valence-corrected chi connectivity index (χ2v) is 8.65. The molecule has 2 heterocycles. The standard InChI is InChI=1S/C24H20BrN3O5/c1-13-21-17(27-28-23(29)14-5-7-15(25)8-6-14)3-2-4-19(21)33-22(13)24(30)26-16-9-10-18-20(11-16)32-12-31-18/h5-11H,2-4,12H2,1H3,(H,26,30)(H,28,29)/b27-17+. The summed E-state index contributed by atoms with van der Waals surface area (Å²) in [6.45, 7) is 1.99. The predicted octanol–water partition coefficient (Wildman–Crippen LogP) is 4.80. The van der Waals surface area contributed by atoms with Crippen LogP contribution < -0.4 is 20.2 Å². The second-order valence-electron chi connectivity index (χ2n) is 7.74. The maximum atomic E-state index is 12.9. The molecule has 2 aromatic carbocycles. The number of hydrogen-bond donors (Lipinski definition) is 2. The minimum atomic E-state index is -0.362. The Morgan fingerprint density at radius 1 is 1.00 bits per heavy atom. The summed E-state index contributed by atoms with van der Waals surface area (Å²) in [4.78, 5) is 25.4. The van der Waals surface area contributed by atoms with Crippen molar-refractivity contribution in [2.45, 2.75) is 26.2 Å². The molecule has 2 aliphatic rings. The molecule has 33 heavy (non-hydrogen) atoms. The second kappa shape index (κ2) is 8.74. The first-order valence-electron chi connectivity index (χ1n) is 10.5. The van der Waals surface area contributed by atoms with Crippen molar-refractivity contribution < 1.29 is 23.5 Å². The smallest absolute Gasteiger partial charge is 0.291 e. The van der Waals surface area contributed by atoms with Crippen LogP contribution in [0.15, 0.2) is 56.5 Å². The lowest BCUT2D eigenvalue weighted by Crippen LogP contribution is -2.22. The molecule has 0 spiro atoms. The number of carbonyl (C=O) groups excluding carboxylic acids is 2. The summed E-state index contributed by atoms with van der Waals surface area (Å²) in [5.41, 5.74) is 5.89. The van der Waals surface area contributed by atoms with Crippen molar-refractivity contribution >= 4 is 39.1 Å². The lowest BCUT2D eigenvalue weighted by Gasteiger charge is -2.13. The molecule has 8 nitrogen and oxygen atoms in total. The van der Waals surface area contributed by atoms with Crippen molar-refractivity contribution in [1.82, 2.24) is 5.43 Å². The SMILES string of the molecule is Cc1c(C(=O)Nc2ccc3c(c2)OCO3)oc2c1/C(=N/NC(=O)c1ccc(Br)cc1)CCC2. The summed E-state index contributed by atoms with van der Waals surface area (Å²) in [6.07, 6.45) is 2.19. The number of aryl methyl sites for hydroxylation is 1. The molecule has 2 N–H and O–H groups in total. The lowest BCUT2D eigenvalue weighted by molar-refractivity contribution is 0.0953. The Morgan fingerprint density at radius 2 is 1.79 bits per heavy atom. The van der Waals surface area contributed by atoms with E-state index in [1.807, 2.05) is 6.92 Å². The van der Waals surface area contributed by atoms with Crippen LogP contribution in [0.25, 0.3) is 0 Å². The number of fused-ring (bicyclic) bond motifs is 2. The highest BCUT2D eigenvalue weighted by molar-refractivity contribution is 9.10. The molecule has 1 aliphatic heterocycles. The summed E-state index contributed by atoms with van der Waals surface area (Å²) in [5, 5.41) is 7.21. The van der Waals surface area contributed by atoms with Crippen molar-refractivity contribution in [3.63, 3.8) is 0 Å². The van der Waals surface area contributed by atoms with Gasteiger partial charge in [-0.2, -0.15) is 5.10 Å². The fourth-order valence-electron chi connectivity index (χ4n) is 3.94. The molecule has 0 radical (unpaired) electrons. The fraction of sp³-hybridized carbons (Fsp3) is 0.208. The Hall–Kier alpha value is -3.59. The third-order valence-electron chi connectivity index (χ3n) is 5.56. The van der Waals surface area contributed by atoms with E-state index in [4.69, 9.17) is 13.9 Å². The monoisotopic (exact) mass is 509 g/mol. The first-order valence-corrected chi connectivity index (χ1v) is 11.2. The van der Waals surface area contributed by atoms with Gasteiger partial charge in [-0.15, -0.1) is 0 Å². The zero-order chi connectivity index (χ0) is 22.9. The van der Waals surface area contributed by atoms with E-state index in [9.17, 15) is 9.59 Å². The number of hydrogen-bond acceptors (Lipinski definition) is 6. The van der Waals surface area contributed by atoms with Crippen LogP contribution in [0, 0.1) is 6.92 Å². The van der Waals surface area contributed by atoms with Crippen LogP contribution in [-0.2, 0) is 6.42 Å². The van der Waals surface area contributed by atoms with Crippen LogP contribution >= 0.6 is 15.9 Å². The van der Waals surface area contributed by atoms with E-state index in [1.165, 1.54) is 0 Å². The molecular weight excluding hydrogens is 490 g/mol. The highest BCUT2D eigenvalue weighted by Crippen LogP contribution is 2.35. The summed E-state index contributed by atoms with van der Waals surface area (Å²) < 4.78 is 17.5. The van der Waals surface area contributed by atoms with E-state index in [0.717, 1.165) is 16.5 Å². The number of nitrogens with zero attached hydrogens (tertiary/aromatic N) is 1. The zero-order valence-corrected chi connectivity index (χ0v) is 19.3. The van der Waals surface area contributed by atoms with E-state index < -0.39 is 0 Å². The van der Waals surface area contributed by atoms with Gasteiger partial charge in [0.25, 0.3) is 11.8 Å². The van der Waals surface area contributed by atoms with Crippen LogP contribution in [0.4, 0.5) is 5.69 Å². The van der Waals surface area contributed by atoms with Crippen LogP contribution in [0.5, 0.6) is 11.5 Å². The molecule has 0 bridgehead atoms. The predicted molar refractivity (Wildman–Crippen MR) is 125 cm³/mol. The molecule has 2 amide bonds. The Labute approximate surface area is 198 Å². The van der Waals surface area contributed by atoms with Crippen molar-refractivity contribution in [2.24, 2.45) is 5.10 Å². The first-order chi connectivity index (χ1) is 16.0. The lowest BCUT2D eigenvalue weighted by atomic mass is 9.93. The topological polar surface area (TPSA) is 102 Å². The minimum absolute atomic E-state index is 0.164. The van der Waals surface area contributed by atoms with Gasteiger partial charge in [0, 0.05) is 39.3 Å². The van der Waals surface area contributed by atoms with Crippen LogP contribution in [0.1, 0.15) is 50.6 Å². The Morgan fingerprint density at radius 3 is 2.61 bits per heavy atom. The molecule has 3 aromatic rings. The van der Waals surface area contributed by atoms with Gasteiger partial charge in [0.15, 0.2) is 17.3 Å². The molecule has 0 fully saturated rings. The van der Waals surface area contributed by atoms with Gasteiger partial charge < -0.3 is 19.2 Å². The van der Waals surface area contributed by atoms with Crippen LogP contribution in [-0.4, -0.2) is 24.3 Å². The third-order valence-corrected chi connectivity index (χ3v) is 6.09. The van der Waals surface area contributed by atoms with Crippen molar-refractivity contribution in [2.75, 3.05) is 12.1 Å². The van der Waals surface area contributed by atoms with E-state index in [-0.39, 0.29) is 24.4 Å². The number of rotatable bonds is 4. The fourth-order valence-corrected chi connectivity index (χ4v) is 4.21. The molecule has 0 saturated heterocycles. The number of hydrazone groups is 1. The number of furan rings is 1. The number of anilines is 1.